The van der Waals surface area contributed by atoms with Crippen molar-refractivity contribution in [3.63, 3.8) is 0 Å². The van der Waals surface area contributed by atoms with Crippen molar-refractivity contribution in [2.45, 2.75) is 36.9 Å². The van der Waals surface area contributed by atoms with Crippen LogP contribution in [-0.4, -0.2) is 41.8 Å². The number of carboxylic acids is 1. The van der Waals surface area contributed by atoms with Gasteiger partial charge in [-0.1, -0.05) is 46.3 Å². The van der Waals surface area contributed by atoms with Crippen LogP contribution in [0.3, 0.4) is 0 Å². The van der Waals surface area contributed by atoms with Gasteiger partial charge in [-0.3, -0.25) is 0 Å². The molecule has 1 heterocycles. The number of nitrogens with two attached hydrogens (primary N) is 1. The number of primary sulfonamides is 1. The zero-order valence-corrected chi connectivity index (χ0v) is 22.5. The second kappa shape index (κ2) is 11.2. The predicted molar refractivity (Wildman–Crippen MR) is 146 cm³/mol. The maximum atomic E-state index is 12.0. The molecule has 8 nitrogen and oxygen atoms in total. The molecule has 0 spiro atoms. The van der Waals surface area contributed by atoms with Gasteiger partial charge < -0.3 is 20.1 Å². The number of carbonyl (C=O) groups is 1. The molecule has 2 unspecified atom stereocenters. The molecule has 0 aliphatic heterocycles. The second-order valence-electron chi connectivity index (χ2n) is 9.09. The van der Waals surface area contributed by atoms with Crippen LogP contribution in [0, 0.1) is 0 Å². The highest BCUT2D eigenvalue weighted by Crippen LogP contribution is 2.25. The van der Waals surface area contributed by atoms with Crippen molar-refractivity contribution in [3.05, 3.63) is 99.7 Å². The third-order valence-electron chi connectivity index (χ3n) is 6.19. The lowest BCUT2D eigenvalue weighted by molar-refractivity contribution is 0.0686. The summed E-state index contributed by atoms with van der Waals surface area (Å²) in [5, 5.41) is 29.7. The molecule has 0 amide bonds. The van der Waals surface area contributed by atoms with Crippen LogP contribution in [0.25, 0.3) is 10.9 Å². The van der Waals surface area contributed by atoms with E-state index < -0.39 is 22.1 Å². The first-order chi connectivity index (χ1) is 17.5. The number of nitrogens with zero attached hydrogens (tertiary/aromatic N) is 1. The SMILES string of the molecule is CC(Cc1ccc2c(c1)cc(C(=O)O)n2Cc1cccc(S(N)(=O)=O)c1)NCC(O)c1cccc(Br)c1. The number of nitrogens with one attached hydrogen (secondary N) is 1. The molecule has 5 N–H and O–H groups in total. The number of sulfonamides is 1. The number of aromatic nitrogens is 1. The second-order valence-corrected chi connectivity index (χ2v) is 11.6. The summed E-state index contributed by atoms with van der Waals surface area (Å²) in [6.07, 6.45) is 0.0489. The summed E-state index contributed by atoms with van der Waals surface area (Å²) in [6.45, 7) is 2.61. The fraction of sp³-hybridized carbons (Fsp3) is 0.222. The molecule has 0 saturated carbocycles. The Morgan fingerprint density at radius 1 is 1.05 bits per heavy atom. The first-order valence-corrected chi connectivity index (χ1v) is 14.0. The monoisotopic (exact) mass is 585 g/mol. The molecule has 0 fully saturated rings. The molecule has 0 radical (unpaired) electrons. The Morgan fingerprint density at radius 3 is 2.51 bits per heavy atom. The van der Waals surface area contributed by atoms with Crippen molar-refractivity contribution in [2.75, 3.05) is 6.54 Å². The maximum absolute atomic E-state index is 12.0. The van der Waals surface area contributed by atoms with E-state index in [0.717, 1.165) is 26.5 Å². The van der Waals surface area contributed by atoms with Crippen molar-refractivity contribution >= 4 is 42.8 Å². The molecule has 3 aromatic carbocycles. The van der Waals surface area contributed by atoms with Gasteiger partial charge in [-0.2, -0.15) is 0 Å². The minimum atomic E-state index is -3.87. The van der Waals surface area contributed by atoms with E-state index >= 15 is 0 Å². The van der Waals surface area contributed by atoms with Crippen LogP contribution in [0.15, 0.2) is 82.2 Å². The molecule has 194 valence electrons. The predicted octanol–water partition coefficient (Wildman–Crippen LogP) is 4.05. The first-order valence-electron chi connectivity index (χ1n) is 11.7. The van der Waals surface area contributed by atoms with Gasteiger partial charge in [0, 0.05) is 34.5 Å². The molecule has 0 aliphatic carbocycles. The van der Waals surface area contributed by atoms with Gasteiger partial charge in [0.05, 0.1) is 11.0 Å². The molecule has 0 bridgehead atoms. The molecular formula is C27H28BrN3O5S. The standard InChI is InChI=1S/C27H28BrN3O5S/c1-17(30-15-26(32)20-5-3-6-22(28)13-20)10-18-8-9-24-21(11-18)14-25(27(33)34)31(24)16-19-4-2-7-23(12-19)37(29,35)36/h2-9,11-14,17,26,30,32H,10,15-16H2,1H3,(H,33,34)(H2,29,35,36). The first kappa shape index (κ1) is 27.0. The Labute approximate surface area is 223 Å². The van der Waals surface area contributed by atoms with Crippen LogP contribution >= 0.6 is 15.9 Å². The van der Waals surface area contributed by atoms with Crippen LogP contribution in [0.5, 0.6) is 0 Å². The van der Waals surface area contributed by atoms with E-state index in [-0.39, 0.29) is 23.2 Å². The van der Waals surface area contributed by atoms with Gasteiger partial charge >= 0.3 is 5.97 Å². The van der Waals surface area contributed by atoms with E-state index in [2.05, 4.69) is 21.2 Å². The van der Waals surface area contributed by atoms with Crippen molar-refractivity contribution in [3.8, 4) is 0 Å². The van der Waals surface area contributed by atoms with E-state index in [4.69, 9.17) is 5.14 Å². The summed E-state index contributed by atoms with van der Waals surface area (Å²) < 4.78 is 26.0. The molecule has 4 aromatic rings. The number of hydrogen-bond acceptors (Lipinski definition) is 5. The molecular weight excluding hydrogens is 558 g/mol. The van der Waals surface area contributed by atoms with Crippen molar-refractivity contribution in [2.24, 2.45) is 5.14 Å². The zero-order chi connectivity index (χ0) is 26.7. The fourth-order valence-electron chi connectivity index (χ4n) is 4.37. The molecule has 0 saturated heterocycles. The Balaban J connectivity index is 1.51. The van der Waals surface area contributed by atoms with E-state index in [1.165, 1.54) is 12.1 Å². The van der Waals surface area contributed by atoms with Crippen molar-refractivity contribution in [1.82, 2.24) is 9.88 Å². The van der Waals surface area contributed by atoms with Gasteiger partial charge in [0.2, 0.25) is 10.0 Å². The third kappa shape index (κ3) is 6.65. The average Bonchev–Trinajstić information content (AvgIpc) is 3.20. The minimum Gasteiger partial charge on any atom is -0.477 e. The van der Waals surface area contributed by atoms with E-state index in [9.17, 15) is 23.4 Å². The quantitative estimate of drug-likeness (QED) is 0.222. The minimum absolute atomic E-state index is 0.0212. The Hall–Kier alpha value is -3.02. The highest BCUT2D eigenvalue weighted by molar-refractivity contribution is 9.10. The smallest absolute Gasteiger partial charge is 0.352 e. The summed E-state index contributed by atoms with van der Waals surface area (Å²) in [7, 11) is -3.87. The van der Waals surface area contributed by atoms with Crippen LogP contribution in [0.1, 0.15) is 40.2 Å². The fourth-order valence-corrected chi connectivity index (χ4v) is 5.37. The summed E-state index contributed by atoms with van der Waals surface area (Å²) >= 11 is 3.42. The average molecular weight is 587 g/mol. The van der Waals surface area contributed by atoms with Gasteiger partial charge in [0.15, 0.2) is 0 Å². The van der Waals surface area contributed by atoms with Gasteiger partial charge in [-0.05, 0) is 72.5 Å². The lowest BCUT2D eigenvalue weighted by atomic mass is 10.0. The third-order valence-corrected chi connectivity index (χ3v) is 7.59. The van der Waals surface area contributed by atoms with Crippen LogP contribution < -0.4 is 10.5 Å². The summed E-state index contributed by atoms with van der Waals surface area (Å²) in [6, 6.07) is 21.2. The lowest BCUT2D eigenvalue weighted by Gasteiger charge is -2.18. The van der Waals surface area contributed by atoms with Crippen molar-refractivity contribution in [1.29, 1.82) is 0 Å². The van der Waals surface area contributed by atoms with Crippen LogP contribution in [0.4, 0.5) is 0 Å². The van der Waals surface area contributed by atoms with Crippen molar-refractivity contribution < 1.29 is 23.4 Å². The van der Waals surface area contributed by atoms with E-state index in [1.807, 2.05) is 49.4 Å². The summed E-state index contributed by atoms with van der Waals surface area (Å²) in [5.41, 5.74) is 3.31. The highest BCUT2D eigenvalue weighted by Gasteiger charge is 2.17. The Bertz CT molecular complexity index is 1550. The number of aromatic carboxylic acids is 1. The molecule has 4 rings (SSSR count). The lowest BCUT2D eigenvalue weighted by Crippen LogP contribution is -2.32. The molecule has 1 aromatic heterocycles. The normalized spacial score (nSPS) is 13.5. The van der Waals surface area contributed by atoms with Gasteiger partial charge in [-0.15, -0.1) is 0 Å². The van der Waals surface area contributed by atoms with Gasteiger partial charge in [0.25, 0.3) is 0 Å². The number of hydrogen-bond donors (Lipinski definition) is 4. The summed E-state index contributed by atoms with van der Waals surface area (Å²) in [5.74, 6) is -1.07. The number of halogens is 1. The van der Waals surface area contributed by atoms with Gasteiger partial charge in [-0.25, -0.2) is 18.4 Å². The molecule has 10 heteroatoms. The Kier molecular flexibility index (Phi) is 8.15. The molecule has 0 aliphatic rings. The van der Waals surface area contributed by atoms with Gasteiger partial charge in [0.1, 0.15) is 5.69 Å². The van der Waals surface area contributed by atoms with E-state index in [0.29, 0.717) is 18.5 Å². The molecule has 37 heavy (non-hydrogen) atoms. The number of fused-ring (bicyclic) bond motifs is 1. The number of aliphatic hydroxyl groups excluding tert-OH is 1. The molecule has 2 atom stereocenters. The topological polar surface area (TPSA) is 135 Å². The number of benzene rings is 3. The number of carboxylic acid groups (broad SMARTS) is 1. The highest BCUT2D eigenvalue weighted by atomic mass is 79.9. The zero-order valence-electron chi connectivity index (χ0n) is 20.1. The largest absolute Gasteiger partial charge is 0.477 e. The number of aliphatic hydroxyl groups is 1. The maximum Gasteiger partial charge on any atom is 0.352 e. The van der Waals surface area contributed by atoms with Crippen LogP contribution in [-0.2, 0) is 23.0 Å². The van der Waals surface area contributed by atoms with Crippen LogP contribution in [0.2, 0.25) is 0 Å². The van der Waals surface area contributed by atoms with E-state index in [1.54, 1.807) is 22.8 Å². The Morgan fingerprint density at radius 2 is 1.81 bits per heavy atom. The number of rotatable bonds is 10. The summed E-state index contributed by atoms with van der Waals surface area (Å²) in [4.78, 5) is 12.0.